The minimum atomic E-state index is -3.28. The summed E-state index contributed by atoms with van der Waals surface area (Å²) >= 11 is 0. The third-order valence-corrected chi connectivity index (χ3v) is 7.05. The maximum atomic E-state index is 12.7. The Kier molecular flexibility index (Phi) is 5.82. The van der Waals surface area contributed by atoms with E-state index in [2.05, 4.69) is 11.0 Å². The van der Waals surface area contributed by atoms with Gasteiger partial charge in [0.2, 0.25) is 5.91 Å². The van der Waals surface area contributed by atoms with Crippen LogP contribution in [0.4, 0.5) is 0 Å². The van der Waals surface area contributed by atoms with Crippen molar-refractivity contribution < 1.29 is 13.2 Å². The highest BCUT2D eigenvalue weighted by Crippen LogP contribution is 2.29. The molecule has 0 unspecified atom stereocenters. The van der Waals surface area contributed by atoms with E-state index in [9.17, 15) is 13.2 Å². The molecule has 2 bridgehead atoms. The number of amides is 1. The second-order valence-electron chi connectivity index (χ2n) is 7.59. The van der Waals surface area contributed by atoms with Gasteiger partial charge in [-0.1, -0.05) is 29.8 Å². The van der Waals surface area contributed by atoms with Crippen molar-refractivity contribution in [2.45, 2.75) is 37.6 Å². The number of allylic oxidation sites excluding steroid dienone is 1. The van der Waals surface area contributed by atoms with Crippen LogP contribution in [-0.4, -0.2) is 62.1 Å². The summed E-state index contributed by atoms with van der Waals surface area (Å²) < 4.78 is 25.1. The van der Waals surface area contributed by atoms with Crippen LogP contribution in [0.1, 0.15) is 26.7 Å². The van der Waals surface area contributed by atoms with Crippen molar-refractivity contribution in [1.29, 1.82) is 0 Å². The maximum Gasteiger partial charge on any atom is 0.227 e. The average Bonchev–Trinajstić information content (AvgIpc) is 2.90. The van der Waals surface area contributed by atoms with E-state index >= 15 is 0 Å². The standard InChI is InChI=1S/C20H28N2O3S/c1-16(2)10-11-22-18-9-8-17(20(22)23)14-21(15-18)12-13-26(24,25)19-6-4-3-5-7-19/h3-7,10,17-18H,8-9,11-15H2,1-2H3/t17-,18+/m0/s1. The van der Waals surface area contributed by atoms with Crippen molar-refractivity contribution in [3.8, 4) is 0 Å². The molecule has 3 fully saturated rings. The third kappa shape index (κ3) is 4.35. The topological polar surface area (TPSA) is 57.7 Å². The molecule has 26 heavy (non-hydrogen) atoms. The summed E-state index contributed by atoms with van der Waals surface area (Å²) in [6.07, 6.45) is 4.02. The van der Waals surface area contributed by atoms with Crippen molar-refractivity contribution in [3.05, 3.63) is 42.0 Å². The van der Waals surface area contributed by atoms with Crippen LogP contribution in [0, 0.1) is 5.92 Å². The summed E-state index contributed by atoms with van der Waals surface area (Å²) in [4.78, 5) is 17.3. The van der Waals surface area contributed by atoms with Gasteiger partial charge in [0.05, 0.1) is 16.6 Å². The molecule has 1 amide bonds. The first-order valence-electron chi connectivity index (χ1n) is 9.31. The molecule has 0 aromatic heterocycles. The Morgan fingerprint density at radius 2 is 1.88 bits per heavy atom. The number of benzene rings is 1. The fraction of sp³-hybridized carbons (Fsp3) is 0.550. The molecular formula is C20H28N2O3S. The predicted molar refractivity (Wildman–Crippen MR) is 103 cm³/mol. The molecular weight excluding hydrogens is 348 g/mol. The van der Waals surface area contributed by atoms with Crippen molar-refractivity contribution in [3.63, 3.8) is 0 Å². The van der Waals surface area contributed by atoms with Gasteiger partial charge in [0.25, 0.3) is 0 Å². The number of hydrogen-bond acceptors (Lipinski definition) is 4. The number of hydrogen-bond donors (Lipinski definition) is 0. The van der Waals surface area contributed by atoms with Gasteiger partial charge < -0.3 is 4.90 Å². The Balaban J connectivity index is 1.66. The zero-order chi connectivity index (χ0) is 18.7. The van der Waals surface area contributed by atoms with Crippen LogP contribution in [0.2, 0.25) is 0 Å². The predicted octanol–water partition coefficient (Wildman–Crippen LogP) is 2.35. The number of nitrogens with zero attached hydrogens (tertiary/aromatic N) is 2. The normalized spacial score (nSPS) is 23.8. The molecule has 5 nitrogen and oxygen atoms in total. The van der Waals surface area contributed by atoms with Crippen LogP contribution in [-0.2, 0) is 14.6 Å². The Morgan fingerprint density at radius 3 is 2.58 bits per heavy atom. The lowest BCUT2D eigenvalue weighted by molar-refractivity contribution is -0.139. The summed E-state index contributed by atoms with van der Waals surface area (Å²) in [7, 11) is -3.28. The van der Waals surface area contributed by atoms with E-state index in [0.29, 0.717) is 24.5 Å². The van der Waals surface area contributed by atoms with E-state index in [0.717, 1.165) is 19.4 Å². The Hall–Kier alpha value is -1.66. The van der Waals surface area contributed by atoms with Gasteiger partial charge in [-0.25, -0.2) is 8.42 Å². The van der Waals surface area contributed by atoms with E-state index in [1.807, 2.05) is 24.8 Å². The fourth-order valence-electron chi connectivity index (χ4n) is 3.83. The molecule has 1 aromatic carbocycles. The molecule has 0 N–H and O–H groups in total. The summed E-state index contributed by atoms with van der Waals surface area (Å²) in [5.41, 5.74) is 1.21. The first kappa shape index (κ1) is 19.1. The Morgan fingerprint density at radius 1 is 1.15 bits per heavy atom. The van der Waals surface area contributed by atoms with Gasteiger partial charge in [-0.05, 0) is 38.8 Å². The number of fused-ring (bicyclic) bond motifs is 4. The lowest BCUT2D eigenvalue weighted by Gasteiger charge is -2.35. The van der Waals surface area contributed by atoms with Crippen molar-refractivity contribution in [2.75, 3.05) is 31.9 Å². The second-order valence-corrected chi connectivity index (χ2v) is 9.70. The molecule has 1 aromatic rings. The number of carbonyl (C=O) groups is 1. The van der Waals surface area contributed by atoms with Gasteiger partial charge in [0.15, 0.2) is 9.84 Å². The monoisotopic (exact) mass is 376 g/mol. The molecule has 4 rings (SSSR count). The van der Waals surface area contributed by atoms with Gasteiger partial charge in [0, 0.05) is 32.2 Å². The highest BCUT2D eigenvalue weighted by molar-refractivity contribution is 7.91. The molecule has 6 heteroatoms. The largest absolute Gasteiger partial charge is 0.334 e. The molecule has 0 saturated carbocycles. The smallest absolute Gasteiger partial charge is 0.227 e. The van der Waals surface area contributed by atoms with E-state index in [4.69, 9.17) is 0 Å². The van der Waals surface area contributed by atoms with Crippen LogP contribution in [0.5, 0.6) is 0 Å². The molecule has 3 saturated heterocycles. The minimum Gasteiger partial charge on any atom is -0.334 e. The number of rotatable bonds is 6. The zero-order valence-corrected chi connectivity index (χ0v) is 16.4. The molecule has 3 aliphatic heterocycles. The molecule has 142 valence electrons. The van der Waals surface area contributed by atoms with Gasteiger partial charge in [-0.3, -0.25) is 9.69 Å². The van der Waals surface area contributed by atoms with Crippen molar-refractivity contribution in [1.82, 2.24) is 9.80 Å². The van der Waals surface area contributed by atoms with Crippen LogP contribution < -0.4 is 0 Å². The van der Waals surface area contributed by atoms with Gasteiger partial charge in [-0.15, -0.1) is 0 Å². The highest BCUT2D eigenvalue weighted by atomic mass is 32.2. The van der Waals surface area contributed by atoms with Crippen molar-refractivity contribution in [2.24, 2.45) is 5.92 Å². The second kappa shape index (κ2) is 7.92. The summed E-state index contributed by atoms with van der Waals surface area (Å²) in [5.74, 6) is 0.324. The molecule has 3 aliphatic rings. The highest BCUT2D eigenvalue weighted by Gasteiger charge is 2.40. The van der Waals surface area contributed by atoms with Crippen LogP contribution in [0.25, 0.3) is 0 Å². The van der Waals surface area contributed by atoms with E-state index < -0.39 is 9.84 Å². The molecule has 0 radical (unpaired) electrons. The Bertz CT molecular complexity index is 770. The molecule has 0 spiro atoms. The zero-order valence-electron chi connectivity index (χ0n) is 15.6. The lowest BCUT2D eigenvalue weighted by Crippen LogP contribution is -2.48. The summed E-state index contributed by atoms with van der Waals surface area (Å²) in [6.45, 7) is 6.67. The van der Waals surface area contributed by atoms with Gasteiger partial charge >= 0.3 is 0 Å². The number of sulfone groups is 1. The van der Waals surface area contributed by atoms with Crippen molar-refractivity contribution >= 4 is 15.7 Å². The van der Waals surface area contributed by atoms with Crippen LogP contribution in [0.15, 0.2) is 46.9 Å². The van der Waals surface area contributed by atoms with E-state index in [-0.39, 0.29) is 23.6 Å². The van der Waals surface area contributed by atoms with Crippen LogP contribution in [0.3, 0.4) is 0 Å². The fourth-order valence-corrected chi connectivity index (χ4v) is 5.13. The molecule has 3 heterocycles. The van der Waals surface area contributed by atoms with Gasteiger partial charge in [0.1, 0.15) is 0 Å². The number of carbonyl (C=O) groups excluding carboxylic acids is 1. The molecule has 0 aliphatic carbocycles. The summed E-state index contributed by atoms with van der Waals surface area (Å²) in [5, 5.41) is 0. The van der Waals surface area contributed by atoms with E-state index in [1.165, 1.54) is 5.57 Å². The third-order valence-electron chi connectivity index (χ3n) is 5.34. The van der Waals surface area contributed by atoms with Crippen LogP contribution >= 0.6 is 0 Å². The lowest BCUT2D eigenvalue weighted by atomic mass is 9.94. The quantitative estimate of drug-likeness (QED) is 0.715. The average molecular weight is 377 g/mol. The van der Waals surface area contributed by atoms with E-state index in [1.54, 1.807) is 24.3 Å². The molecule has 2 atom stereocenters. The maximum absolute atomic E-state index is 12.7. The van der Waals surface area contributed by atoms with Gasteiger partial charge in [-0.2, -0.15) is 0 Å². The number of piperidine rings is 1. The summed E-state index contributed by atoms with van der Waals surface area (Å²) in [6, 6.07) is 8.80. The SMILES string of the molecule is CC(C)=CCN1C(=O)[C@H]2CC[C@@H]1CN(CCS(=O)(=O)c1ccccc1)C2. The first-order chi connectivity index (χ1) is 12.4. The first-order valence-corrected chi connectivity index (χ1v) is 11.0. The minimum absolute atomic E-state index is 0.00117. The Labute approximate surface area is 156 Å².